The molecule has 0 bridgehead atoms. The van der Waals surface area contributed by atoms with Crippen LogP contribution in [-0.2, 0) is 11.8 Å². The first-order valence-corrected chi connectivity index (χ1v) is 10.3. The predicted molar refractivity (Wildman–Crippen MR) is 99.2 cm³/mol. The summed E-state index contributed by atoms with van der Waals surface area (Å²) in [6.07, 6.45) is 10.2. The van der Waals surface area contributed by atoms with Gasteiger partial charge < -0.3 is 5.32 Å². The molecule has 1 saturated heterocycles. The van der Waals surface area contributed by atoms with Gasteiger partial charge in [-0.3, -0.25) is 14.3 Å². The Morgan fingerprint density at radius 2 is 1.77 bits per heavy atom. The first-order chi connectivity index (χ1) is 12.6. The van der Waals surface area contributed by atoms with Crippen LogP contribution in [0.3, 0.4) is 0 Å². The fourth-order valence-corrected chi connectivity index (χ4v) is 4.53. The van der Waals surface area contributed by atoms with Gasteiger partial charge in [-0.1, -0.05) is 19.3 Å². The average Bonchev–Trinajstić information content (AvgIpc) is 3.43. The van der Waals surface area contributed by atoms with Crippen LogP contribution >= 0.6 is 0 Å². The number of likely N-dealkylation sites (tertiary alicyclic amines) is 1. The molecule has 2 saturated carbocycles. The lowest BCUT2D eigenvalue weighted by Gasteiger charge is -2.32. The van der Waals surface area contributed by atoms with Gasteiger partial charge in [-0.15, -0.1) is 0 Å². The summed E-state index contributed by atoms with van der Waals surface area (Å²) in [6.45, 7) is 2.30. The van der Waals surface area contributed by atoms with E-state index in [0.717, 1.165) is 57.4 Å². The molecule has 1 amide bonds. The summed E-state index contributed by atoms with van der Waals surface area (Å²) in [4.78, 5) is 26.9. The van der Waals surface area contributed by atoms with Crippen LogP contribution in [0.4, 0.5) is 0 Å². The van der Waals surface area contributed by atoms with Crippen LogP contribution in [0.1, 0.15) is 75.6 Å². The summed E-state index contributed by atoms with van der Waals surface area (Å²) >= 11 is 0. The number of nitrogens with zero attached hydrogens (tertiary/aromatic N) is 4. The van der Waals surface area contributed by atoms with Gasteiger partial charge in [0.1, 0.15) is 5.82 Å². The second kappa shape index (κ2) is 7.55. The van der Waals surface area contributed by atoms with Crippen molar-refractivity contribution in [2.75, 3.05) is 19.6 Å². The maximum absolute atomic E-state index is 12.3. The number of nitrogens with one attached hydrogen (secondary N) is 1. The molecule has 2 aliphatic carbocycles. The van der Waals surface area contributed by atoms with E-state index in [1.807, 2.05) is 4.57 Å². The van der Waals surface area contributed by atoms with Crippen molar-refractivity contribution in [1.29, 1.82) is 0 Å². The molecule has 7 heteroatoms. The van der Waals surface area contributed by atoms with Crippen LogP contribution < -0.4 is 11.0 Å². The third-order valence-electron chi connectivity index (χ3n) is 6.18. The van der Waals surface area contributed by atoms with Crippen LogP contribution in [0.25, 0.3) is 0 Å². The van der Waals surface area contributed by atoms with Gasteiger partial charge in [0.25, 0.3) is 0 Å². The largest absolute Gasteiger partial charge is 0.352 e. The van der Waals surface area contributed by atoms with Crippen LogP contribution in [0.2, 0.25) is 0 Å². The topological polar surface area (TPSA) is 72.2 Å². The number of amides is 1. The maximum atomic E-state index is 12.3. The minimum Gasteiger partial charge on any atom is -0.352 e. The first-order valence-electron chi connectivity index (χ1n) is 10.3. The van der Waals surface area contributed by atoms with Gasteiger partial charge >= 0.3 is 5.69 Å². The zero-order valence-corrected chi connectivity index (χ0v) is 15.8. The van der Waals surface area contributed by atoms with Gasteiger partial charge in [0.2, 0.25) is 5.91 Å². The number of aromatic nitrogens is 3. The molecule has 3 aliphatic rings. The molecule has 2 heterocycles. The van der Waals surface area contributed by atoms with Crippen molar-refractivity contribution in [2.45, 2.75) is 75.8 Å². The van der Waals surface area contributed by atoms with Gasteiger partial charge in [-0.25, -0.2) is 9.48 Å². The fourth-order valence-electron chi connectivity index (χ4n) is 4.53. The highest BCUT2D eigenvalue weighted by Crippen LogP contribution is 2.37. The van der Waals surface area contributed by atoms with Gasteiger partial charge in [0, 0.05) is 25.0 Å². The molecule has 4 rings (SSSR count). The summed E-state index contributed by atoms with van der Waals surface area (Å²) in [5.74, 6) is 1.47. The van der Waals surface area contributed by atoms with E-state index in [-0.39, 0.29) is 11.6 Å². The summed E-state index contributed by atoms with van der Waals surface area (Å²) < 4.78 is 3.41. The minimum atomic E-state index is 0.0248. The Morgan fingerprint density at radius 3 is 2.42 bits per heavy atom. The van der Waals surface area contributed by atoms with Gasteiger partial charge in [-0.2, -0.15) is 5.10 Å². The molecule has 0 aromatic carbocycles. The lowest BCUT2D eigenvalue weighted by atomic mass is 9.95. The van der Waals surface area contributed by atoms with Gasteiger partial charge in [0.15, 0.2) is 0 Å². The summed E-state index contributed by atoms with van der Waals surface area (Å²) in [5.41, 5.74) is 0.0248. The third-order valence-corrected chi connectivity index (χ3v) is 6.18. The number of carbonyl (C=O) groups excluding carboxylic acids is 1. The molecule has 1 aliphatic heterocycles. The molecule has 3 fully saturated rings. The van der Waals surface area contributed by atoms with E-state index in [1.54, 1.807) is 7.05 Å². The number of aryl methyl sites for hydroxylation is 1. The molecule has 0 unspecified atom stereocenters. The van der Waals surface area contributed by atoms with E-state index < -0.39 is 0 Å². The van der Waals surface area contributed by atoms with Crippen molar-refractivity contribution in [3.8, 4) is 0 Å². The second-order valence-corrected chi connectivity index (χ2v) is 8.32. The Labute approximate surface area is 154 Å². The Morgan fingerprint density at radius 1 is 1.08 bits per heavy atom. The molecule has 1 aromatic heterocycles. The number of hydrogen-bond donors (Lipinski definition) is 1. The van der Waals surface area contributed by atoms with E-state index in [0.29, 0.717) is 24.5 Å². The number of rotatable bonds is 5. The highest BCUT2D eigenvalue weighted by molar-refractivity contribution is 5.78. The normalized spacial score (nSPS) is 23.3. The van der Waals surface area contributed by atoms with E-state index in [9.17, 15) is 9.59 Å². The van der Waals surface area contributed by atoms with Crippen LogP contribution in [0.5, 0.6) is 0 Å². The standard InChI is InChI=1S/C19H31N5O2/c1-22-19(26)24(16-7-8-16)18(21-22)14-9-11-23(12-10-14)13-17(25)20-15-5-3-2-4-6-15/h14-16H,2-13H2,1H3,(H,20,25). The Hall–Kier alpha value is -1.63. The smallest absolute Gasteiger partial charge is 0.345 e. The van der Waals surface area contributed by atoms with Crippen molar-refractivity contribution in [1.82, 2.24) is 24.6 Å². The van der Waals surface area contributed by atoms with Gasteiger partial charge in [-0.05, 0) is 51.6 Å². The predicted octanol–water partition coefficient (Wildman–Crippen LogP) is 1.54. The van der Waals surface area contributed by atoms with Crippen LogP contribution in [0, 0.1) is 0 Å². The molecule has 0 spiro atoms. The fraction of sp³-hybridized carbons (Fsp3) is 0.842. The molecule has 7 nitrogen and oxygen atoms in total. The molecule has 1 N–H and O–H groups in total. The Balaban J connectivity index is 1.30. The van der Waals surface area contributed by atoms with Crippen LogP contribution in [0.15, 0.2) is 4.79 Å². The molecule has 144 valence electrons. The van der Waals surface area contributed by atoms with E-state index in [1.165, 1.54) is 23.9 Å². The minimum absolute atomic E-state index is 0.0248. The van der Waals surface area contributed by atoms with Crippen molar-refractivity contribution < 1.29 is 4.79 Å². The van der Waals surface area contributed by atoms with E-state index >= 15 is 0 Å². The average molecular weight is 361 g/mol. The Bertz CT molecular complexity index is 691. The van der Waals surface area contributed by atoms with Crippen molar-refractivity contribution in [3.63, 3.8) is 0 Å². The van der Waals surface area contributed by atoms with Gasteiger partial charge in [0.05, 0.1) is 6.54 Å². The molecule has 0 radical (unpaired) electrons. The number of hydrogen-bond acceptors (Lipinski definition) is 4. The molecule has 0 atom stereocenters. The molecular formula is C19H31N5O2. The molecule has 1 aromatic rings. The zero-order valence-electron chi connectivity index (χ0n) is 15.8. The lowest BCUT2D eigenvalue weighted by molar-refractivity contribution is -0.123. The van der Waals surface area contributed by atoms with E-state index in [4.69, 9.17) is 0 Å². The van der Waals surface area contributed by atoms with Crippen molar-refractivity contribution >= 4 is 5.91 Å². The third kappa shape index (κ3) is 3.87. The SMILES string of the molecule is Cn1nc(C2CCN(CC(=O)NC3CCCCC3)CC2)n(C2CC2)c1=O. The number of piperidine rings is 1. The lowest BCUT2D eigenvalue weighted by Crippen LogP contribution is -2.45. The maximum Gasteiger partial charge on any atom is 0.345 e. The summed E-state index contributed by atoms with van der Waals surface area (Å²) in [6, 6.07) is 0.751. The van der Waals surface area contributed by atoms with Crippen LogP contribution in [-0.4, -0.2) is 50.8 Å². The monoisotopic (exact) mass is 361 g/mol. The summed E-state index contributed by atoms with van der Waals surface area (Å²) in [5, 5.41) is 7.74. The van der Waals surface area contributed by atoms with Crippen molar-refractivity contribution in [2.24, 2.45) is 7.05 Å². The highest BCUT2D eigenvalue weighted by Gasteiger charge is 2.33. The molecule has 26 heavy (non-hydrogen) atoms. The highest BCUT2D eigenvalue weighted by atomic mass is 16.2. The van der Waals surface area contributed by atoms with Crippen molar-refractivity contribution in [3.05, 3.63) is 16.3 Å². The number of carbonyl (C=O) groups is 1. The van der Waals surface area contributed by atoms with E-state index in [2.05, 4.69) is 15.3 Å². The summed E-state index contributed by atoms with van der Waals surface area (Å²) in [7, 11) is 1.75. The molecular weight excluding hydrogens is 330 g/mol. The quantitative estimate of drug-likeness (QED) is 0.864. The first kappa shape index (κ1) is 17.8. The Kier molecular flexibility index (Phi) is 5.16. The zero-order chi connectivity index (χ0) is 18.1. The second-order valence-electron chi connectivity index (χ2n) is 8.32.